The van der Waals surface area contributed by atoms with Gasteiger partial charge in [0, 0.05) is 12.1 Å². The van der Waals surface area contributed by atoms with Gasteiger partial charge in [-0.25, -0.2) is 0 Å². The van der Waals surface area contributed by atoms with Crippen molar-refractivity contribution in [1.82, 2.24) is 20.1 Å². The second-order valence-corrected chi connectivity index (χ2v) is 7.81. The average molecular weight is 444 g/mol. The summed E-state index contributed by atoms with van der Waals surface area (Å²) in [4.78, 5) is 24.7. The highest BCUT2D eigenvalue weighted by Crippen LogP contribution is 2.22. The molecule has 0 saturated heterocycles. The van der Waals surface area contributed by atoms with Crippen molar-refractivity contribution < 1.29 is 9.59 Å². The fraction of sp³-hybridized carbons (Fsp3) is 0.238. The number of nitrogens with zero attached hydrogens (tertiary/aromatic N) is 3. The molecule has 0 spiro atoms. The van der Waals surface area contributed by atoms with Crippen molar-refractivity contribution in [2.24, 2.45) is 0 Å². The zero-order chi connectivity index (χ0) is 21.5. The van der Waals surface area contributed by atoms with E-state index in [1.807, 2.05) is 36.6 Å². The van der Waals surface area contributed by atoms with Crippen LogP contribution in [0.4, 0.5) is 5.69 Å². The summed E-state index contributed by atoms with van der Waals surface area (Å²) in [6.07, 6.45) is 0. The Labute approximate surface area is 184 Å². The van der Waals surface area contributed by atoms with Crippen LogP contribution < -0.4 is 10.6 Å². The molecular formula is C21H22ClN5O2S. The van der Waals surface area contributed by atoms with Crippen LogP contribution in [0.1, 0.15) is 28.7 Å². The Morgan fingerprint density at radius 3 is 2.57 bits per heavy atom. The number of nitrogens with one attached hydrogen (secondary N) is 2. The summed E-state index contributed by atoms with van der Waals surface area (Å²) in [5.41, 5.74) is 2.11. The van der Waals surface area contributed by atoms with Gasteiger partial charge in [0.15, 0.2) is 11.0 Å². The number of carbonyl (C=O) groups is 2. The number of benzene rings is 2. The first-order chi connectivity index (χ1) is 14.5. The van der Waals surface area contributed by atoms with Crippen molar-refractivity contribution in [2.45, 2.75) is 32.1 Å². The maximum absolute atomic E-state index is 12.4. The number of amides is 2. The number of anilines is 1. The maximum atomic E-state index is 12.4. The summed E-state index contributed by atoms with van der Waals surface area (Å²) in [5.74, 6) is 0.451. The number of hydrogen-bond donors (Lipinski definition) is 2. The van der Waals surface area contributed by atoms with E-state index < -0.39 is 0 Å². The van der Waals surface area contributed by atoms with E-state index in [4.69, 9.17) is 11.6 Å². The van der Waals surface area contributed by atoms with E-state index >= 15 is 0 Å². The van der Waals surface area contributed by atoms with Gasteiger partial charge in [0.05, 0.1) is 23.0 Å². The number of halogens is 1. The van der Waals surface area contributed by atoms with Crippen molar-refractivity contribution in [1.29, 1.82) is 0 Å². The van der Waals surface area contributed by atoms with Crippen LogP contribution in [0.15, 0.2) is 53.7 Å². The molecule has 0 saturated carbocycles. The third-order valence-corrected chi connectivity index (χ3v) is 5.68. The van der Waals surface area contributed by atoms with Crippen LogP contribution in [-0.2, 0) is 17.9 Å². The second-order valence-electron chi connectivity index (χ2n) is 6.46. The molecule has 2 amide bonds. The van der Waals surface area contributed by atoms with Crippen LogP contribution in [0.2, 0.25) is 5.02 Å². The molecule has 0 atom stereocenters. The smallest absolute Gasteiger partial charge is 0.251 e. The lowest BCUT2D eigenvalue weighted by atomic mass is 10.1. The van der Waals surface area contributed by atoms with Crippen molar-refractivity contribution in [2.75, 3.05) is 11.1 Å². The molecule has 0 aliphatic heterocycles. The zero-order valence-electron chi connectivity index (χ0n) is 16.7. The number of rotatable bonds is 8. The average Bonchev–Trinajstić information content (AvgIpc) is 3.14. The molecule has 0 aliphatic carbocycles. The zero-order valence-corrected chi connectivity index (χ0v) is 18.3. The molecule has 30 heavy (non-hydrogen) atoms. The summed E-state index contributed by atoms with van der Waals surface area (Å²) >= 11 is 7.35. The molecule has 1 heterocycles. The van der Waals surface area contributed by atoms with Crippen LogP contribution >= 0.6 is 23.4 Å². The first-order valence-electron chi connectivity index (χ1n) is 9.42. The Kier molecular flexibility index (Phi) is 7.48. The third-order valence-electron chi connectivity index (χ3n) is 4.39. The van der Waals surface area contributed by atoms with E-state index in [1.165, 1.54) is 11.8 Å². The number of aryl methyl sites for hydroxylation is 1. The van der Waals surface area contributed by atoms with E-state index in [2.05, 4.69) is 20.8 Å². The lowest BCUT2D eigenvalue weighted by Crippen LogP contribution is -2.25. The maximum Gasteiger partial charge on any atom is 0.251 e. The lowest BCUT2D eigenvalue weighted by molar-refractivity contribution is -0.113. The minimum Gasteiger partial charge on any atom is -0.345 e. The second kappa shape index (κ2) is 10.3. The molecule has 7 nitrogen and oxygen atoms in total. The predicted molar refractivity (Wildman–Crippen MR) is 119 cm³/mol. The standard InChI is InChI=1S/C21H22ClN5O2S/c1-3-27-18(12-23-20(29)15-9-5-4-8-14(15)2)25-26-21(27)30-13-19(28)24-17-11-7-6-10-16(17)22/h4-11H,3,12-13H2,1-2H3,(H,23,29)(H,24,28). The summed E-state index contributed by atoms with van der Waals surface area (Å²) in [6, 6.07) is 14.5. The minimum atomic E-state index is -0.187. The van der Waals surface area contributed by atoms with Gasteiger partial charge in [0.25, 0.3) is 5.91 Å². The molecule has 0 fully saturated rings. The normalized spacial score (nSPS) is 10.6. The SMILES string of the molecule is CCn1c(CNC(=O)c2ccccc2C)nnc1SCC(=O)Nc1ccccc1Cl. The predicted octanol–water partition coefficient (Wildman–Crippen LogP) is 3.92. The van der Waals surface area contributed by atoms with E-state index in [-0.39, 0.29) is 24.1 Å². The van der Waals surface area contributed by atoms with Gasteiger partial charge < -0.3 is 15.2 Å². The molecule has 1 aromatic heterocycles. The topological polar surface area (TPSA) is 88.9 Å². The molecule has 156 valence electrons. The van der Waals surface area contributed by atoms with Crippen LogP contribution in [-0.4, -0.2) is 32.3 Å². The molecule has 2 aromatic carbocycles. The van der Waals surface area contributed by atoms with Crippen molar-refractivity contribution in [3.05, 3.63) is 70.5 Å². The largest absolute Gasteiger partial charge is 0.345 e. The molecule has 0 radical (unpaired) electrons. The molecule has 0 bridgehead atoms. The first-order valence-corrected chi connectivity index (χ1v) is 10.8. The highest BCUT2D eigenvalue weighted by Gasteiger charge is 2.15. The summed E-state index contributed by atoms with van der Waals surface area (Å²) in [6.45, 7) is 4.73. The number of hydrogen-bond acceptors (Lipinski definition) is 5. The Bertz CT molecular complexity index is 1050. The highest BCUT2D eigenvalue weighted by atomic mass is 35.5. The third kappa shape index (κ3) is 5.40. The number of aromatic nitrogens is 3. The molecule has 3 aromatic rings. The van der Waals surface area contributed by atoms with Gasteiger partial charge in [-0.3, -0.25) is 9.59 Å². The summed E-state index contributed by atoms with van der Waals surface area (Å²) in [7, 11) is 0. The number of para-hydroxylation sites is 1. The molecular weight excluding hydrogens is 422 g/mol. The van der Waals surface area contributed by atoms with Crippen molar-refractivity contribution in [3.8, 4) is 0 Å². The van der Waals surface area contributed by atoms with Crippen molar-refractivity contribution >= 4 is 40.9 Å². The van der Waals surface area contributed by atoms with E-state index in [1.54, 1.807) is 30.3 Å². The summed E-state index contributed by atoms with van der Waals surface area (Å²) in [5, 5.41) is 15.1. The molecule has 3 rings (SSSR count). The van der Waals surface area contributed by atoms with Gasteiger partial charge in [0.2, 0.25) is 5.91 Å². The van der Waals surface area contributed by atoms with Gasteiger partial charge >= 0.3 is 0 Å². The monoisotopic (exact) mass is 443 g/mol. The number of thioether (sulfide) groups is 1. The lowest BCUT2D eigenvalue weighted by Gasteiger charge is -2.10. The Hall–Kier alpha value is -2.84. The fourth-order valence-corrected chi connectivity index (χ4v) is 3.84. The molecule has 9 heteroatoms. The van der Waals surface area contributed by atoms with Crippen LogP contribution in [0, 0.1) is 6.92 Å². The van der Waals surface area contributed by atoms with Gasteiger partial charge in [-0.05, 0) is 37.6 Å². The van der Waals surface area contributed by atoms with Gasteiger partial charge in [-0.1, -0.05) is 53.7 Å². The van der Waals surface area contributed by atoms with E-state index in [0.717, 1.165) is 5.56 Å². The highest BCUT2D eigenvalue weighted by molar-refractivity contribution is 7.99. The molecule has 0 unspecified atom stereocenters. The fourth-order valence-electron chi connectivity index (χ4n) is 2.84. The van der Waals surface area contributed by atoms with E-state index in [9.17, 15) is 9.59 Å². The Balaban J connectivity index is 1.58. The summed E-state index contributed by atoms with van der Waals surface area (Å²) < 4.78 is 1.88. The van der Waals surface area contributed by atoms with Gasteiger partial charge in [-0.2, -0.15) is 0 Å². The minimum absolute atomic E-state index is 0.160. The van der Waals surface area contributed by atoms with Gasteiger partial charge in [-0.15, -0.1) is 10.2 Å². The van der Waals surface area contributed by atoms with Gasteiger partial charge in [0.1, 0.15) is 0 Å². The Morgan fingerprint density at radius 2 is 1.83 bits per heavy atom. The number of carbonyl (C=O) groups excluding carboxylic acids is 2. The molecule has 0 aliphatic rings. The van der Waals surface area contributed by atoms with E-state index in [0.29, 0.717) is 33.8 Å². The van der Waals surface area contributed by atoms with Crippen LogP contribution in [0.25, 0.3) is 0 Å². The quantitative estimate of drug-likeness (QED) is 0.515. The Morgan fingerprint density at radius 1 is 1.10 bits per heavy atom. The molecule has 2 N–H and O–H groups in total. The first kappa shape index (κ1) is 21.9. The van der Waals surface area contributed by atoms with Crippen LogP contribution in [0.5, 0.6) is 0 Å². The van der Waals surface area contributed by atoms with Crippen molar-refractivity contribution in [3.63, 3.8) is 0 Å². The van der Waals surface area contributed by atoms with Crippen LogP contribution in [0.3, 0.4) is 0 Å².